The van der Waals surface area contributed by atoms with Crippen molar-refractivity contribution in [2.45, 2.75) is 31.4 Å². The Morgan fingerprint density at radius 2 is 2.00 bits per heavy atom. The summed E-state index contributed by atoms with van der Waals surface area (Å²) in [4.78, 5) is 14.4. The van der Waals surface area contributed by atoms with Gasteiger partial charge in [0.25, 0.3) is 0 Å². The van der Waals surface area contributed by atoms with Crippen LogP contribution in [0.4, 0.5) is 13.2 Å². The maximum absolute atomic E-state index is 12.5. The molecule has 17 heavy (non-hydrogen) atoms. The highest BCUT2D eigenvalue weighted by molar-refractivity contribution is 5.89. The average molecular weight is 245 g/mol. The van der Waals surface area contributed by atoms with E-state index in [4.69, 9.17) is 5.11 Å². The molecule has 0 aromatic carbocycles. The zero-order chi connectivity index (χ0) is 12.8. The summed E-state index contributed by atoms with van der Waals surface area (Å²) in [5, 5.41) is 8.93. The molecule has 0 bridgehead atoms. The van der Waals surface area contributed by atoms with E-state index in [0.29, 0.717) is 18.9 Å². The molecule has 92 valence electrons. The van der Waals surface area contributed by atoms with Gasteiger partial charge in [-0.3, -0.25) is 0 Å². The van der Waals surface area contributed by atoms with Crippen LogP contribution in [0.1, 0.15) is 41.5 Å². The zero-order valence-corrected chi connectivity index (χ0v) is 9.01. The summed E-state index contributed by atoms with van der Waals surface area (Å²) >= 11 is 0. The van der Waals surface area contributed by atoms with Crippen LogP contribution >= 0.6 is 0 Å². The highest BCUT2D eigenvalue weighted by atomic mass is 19.4. The van der Waals surface area contributed by atoms with Gasteiger partial charge in [-0.25, -0.2) is 9.78 Å². The minimum atomic E-state index is -4.54. The van der Waals surface area contributed by atoms with Crippen molar-refractivity contribution in [1.29, 1.82) is 0 Å². The number of hydrogen-bond acceptors (Lipinski definition) is 2. The first-order chi connectivity index (χ1) is 7.74. The smallest absolute Gasteiger partial charge is 0.433 e. The van der Waals surface area contributed by atoms with E-state index in [-0.39, 0.29) is 11.3 Å². The molecule has 1 heterocycles. The number of nitrogens with zero attached hydrogens (tertiary/aromatic N) is 1. The number of carbonyl (C=O) groups is 1. The van der Waals surface area contributed by atoms with Crippen molar-refractivity contribution in [1.82, 2.24) is 4.98 Å². The number of aromatic carboxylic acids is 1. The van der Waals surface area contributed by atoms with Gasteiger partial charge in [0.2, 0.25) is 0 Å². The molecule has 0 spiro atoms. The summed E-state index contributed by atoms with van der Waals surface area (Å²) in [6, 6.07) is 1.69. The Hall–Kier alpha value is -1.59. The van der Waals surface area contributed by atoms with Crippen molar-refractivity contribution >= 4 is 5.97 Å². The lowest BCUT2D eigenvalue weighted by Gasteiger charge is -2.14. The number of rotatable bonds is 2. The van der Waals surface area contributed by atoms with Gasteiger partial charge in [-0.2, -0.15) is 13.2 Å². The summed E-state index contributed by atoms with van der Waals surface area (Å²) < 4.78 is 37.5. The van der Waals surface area contributed by atoms with Crippen LogP contribution < -0.4 is 0 Å². The maximum atomic E-state index is 12.5. The van der Waals surface area contributed by atoms with Crippen molar-refractivity contribution in [3.63, 3.8) is 0 Å². The third kappa shape index (κ3) is 2.11. The molecule has 0 aliphatic heterocycles. The molecule has 1 fully saturated rings. The number of carboxylic acid groups (broad SMARTS) is 1. The fourth-order valence-corrected chi connectivity index (χ4v) is 1.67. The van der Waals surface area contributed by atoms with Crippen LogP contribution in [0.3, 0.4) is 0 Å². The molecule has 1 aromatic heterocycles. The first kappa shape index (κ1) is 11.9. The lowest BCUT2D eigenvalue weighted by Crippen LogP contribution is -2.17. The predicted octanol–water partition coefficient (Wildman–Crippen LogP) is 2.85. The standard InChI is InChI=1S/C11H10F3NO2/c1-10(4-5-10)8-6(9(16)17)2-3-7(15-8)11(12,13)14/h2-3H,4-5H2,1H3,(H,16,17). The van der Waals surface area contributed by atoms with Gasteiger partial charge in [-0.15, -0.1) is 0 Å². The molecule has 0 radical (unpaired) electrons. The Kier molecular flexibility index (Phi) is 2.41. The maximum Gasteiger partial charge on any atom is 0.433 e. The van der Waals surface area contributed by atoms with Gasteiger partial charge >= 0.3 is 12.1 Å². The Morgan fingerprint density at radius 3 is 2.41 bits per heavy atom. The van der Waals surface area contributed by atoms with E-state index in [1.165, 1.54) is 0 Å². The molecule has 1 N–H and O–H groups in total. The molecule has 1 aliphatic rings. The lowest BCUT2D eigenvalue weighted by molar-refractivity contribution is -0.141. The molecule has 1 aliphatic carbocycles. The van der Waals surface area contributed by atoms with Crippen molar-refractivity contribution in [2.75, 3.05) is 0 Å². The summed E-state index contributed by atoms with van der Waals surface area (Å²) in [7, 11) is 0. The van der Waals surface area contributed by atoms with E-state index in [0.717, 1.165) is 6.07 Å². The normalized spacial score (nSPS) is 17.9. The van der Waals surface area contributed by atoms with Crippen LogP contribution in [0, 0.1) is 0 Å². The van der Waals surface area contributed by atoms with E-state index in [1.54, 1.807) is 6.92 Å². The summed E-state index contributed by atoms with van der Waals surface area (Å²) in [5.74, 6) is -1.24. The van der Waals surface area contributed by atoms with Crippen LogP contribution in [0.15, 0.2) is 12.1 Å². The van der Waals surface area contributed by atoms with Crippen LogP contribution in [-0.2, 0) is 11.6 Å². The quantitative estimate of drug-likeness (QED) is 0.871. The molecule has 2 rings (SSSR count). The monoisotopic (exact) mass is 245 g/mol. The highest BCUT2D eigenvalue weighted by Crippen LogP contribution is 2.48. The van der Waals surface area contributed by atoms with E-state index in [9.17, 15) is 18.0 Å². The first-order valence-electron chi connectivity index (χ1n) is 5.06. The molecule has 1 aromatic rings. The van der Waals surface area contributed by atoms with E-state index in [2.05, 4.69) is 4.98 Å². The van der Waals surface area contributed by atoms with Gasteiger partial charge < -0.3 is 5.11 Å². The molecular formula is C11H10F3NO2. The van der Waals surface area contributed by atoms with Gasteiger partial charge in [-0.1, -0.05) is 6.92 Å². The van der Waals surface area contributed by atoms with E-state index in [1.807, 2.05) is 0 Å². The Bertz CT molecular complexity index is 478. The second-order valence-corrected chi connectivity index (χ2v) is 4.46. The molecular weight excluding hydrogens is 235 g/mol. The number of aromatic nitrogens is 1. The topological polar surface area (TPSA) is 50.2 Å². The van der Waals surface area contributed by atoms with Crippen LogP contribution in [0.5, 0.6) is 0 Å². The second kappa shape index (κ2) is 3.45. The molecule has 0 saturated heterocycles. The minimum absolute atomic E-state index is 0.0415. The first-order valence-corrected chi connectivity index (χ1v) is 5.06. The molecule has 3 nitrogen and oxygen atoms in total. The molecule has 6 heteroatoms. The largest absolute Gasteiger partial charge is 0.478 e. The minimum Gasteiger partial charge on any atom is -0.478 e. The van der Waals surface area contributed by atoms with E-state index >= 15 is 0 Å². The third-order valence-corrected chi connectivity index (χ3v) is 2.99. The summed E-state index contributed by atoms with van der Waals surface area (Å²) in [5.41, 5.74) is -1.65. The van der Waals surface area contributed by atoms with Crippen molar-refractivity contribution in [3.05, 3.63) is 29.1 Å². The van der Waals surface area contributed by atoms with Crippen molar-refractivity contribution < 1.29 is 23.1 Å². The fourth-order valence-electron chi connectivity index (χ4n) is 1.67. The lowest BCUT2D eigenvalue weighted by atomic mass is 9.98. The van der Waals surface area contributed by atoms with Crippen molar-refractivity contribution in [3.8, 4) is 0 Å². The molecule has 1 saturated carbocycles. The van der Waals surface area contributed by atoms with E-state index < -0.39 is 23.3 Å². The van der Waals surface area contributed by atoms with Crippen molar-refractivity contribution in [2.24, 2.45) is 0 Å². The highest BCUT2D eigenvalue weighted by Gasteiger charge is 2.45. The number of pyridine rings is 1. The number of carboxylic acids is 1. The number of hydrogen-bond donors (Lipinski definition) is 1. The van der Waals surface area contributed by atoms with Crippen LogP contribution in [0.25, 0.3) is 0 Å². The third-order valence-electron chi connectivity index (χ3n) is 2.99. The molecule has 0 atom stereocenters. The Balaban J connectivity index is 2.55. The average Bonchev–Trinajstić information content (AvgIpc) is 2.95. The summed E-state index contributed by atoms with van der Waals surface area (Å²) in [6.45, 7) is 1.72. The SMILES string of the molecule is CC1(c2nc(C(F)(F)F)ccc2C(=O)O)CC1. The second-order valence-electron chi connectivity index (χ2n) is 4.46. The van der Waals surface area contributed by atoms with Crippen LogP contribution in [-0.4, -0.2) is 16.1 Å². The van der Waals surface area contributed by atoms with Gasteiger partial charge in [0.15, 0.2) is 0 Å². The molecule has 0 amide bonds. The van der Waals surface area contributed by atoms with Crippen LogP contribution in [0.2, 0.25) is 0 Å². The number of alkyl halides is 3. The fraction of sp³-hybridized carbons (Fsp3) is 0.455. The Labute approximate surface area is 95.3 Å². The predicted molar refractivity (Wildman–Crippen MR) is 52.8 cm³/mol. The molecule has 0 unspecified atom stereocenters. The van der Waals surface area contributed by atoms with Gasteiger partial charge in [-0.05, 0) is 25.0 Å². The van der Waals surface area contributed by atoms with Gasteiger partial charge in [0.05, 0.1) is 11.3 Å². The Morgan fingerprint density at radius 1 is 1.41 bits per heavy atom. The summed E-state index contributed by atoms with van der Waals surface area (Å²) in [6.07, 6.45) is -3.21. The van der Waals surface area contributed by atoms with Gasteiger partial charge in [0, 0.05) is 5.41 Å². The van der Waals surface area contributed by atoms with Gasteiger partial charge in [0.1, 0.15) is 5.69 Å². The number of halogens is 3. The zero-order valence-electron chi connectivity index (χ0n) is 9.01.